The van der Waals surface area contributed by atoms with Crippen LogP contribution in [0, 0.1) is 0 Å². The first-order chi connectivity index (χ1) is 6.86. The van der Waals surface area contributed by atoms with E-state index in [0.29, 0.717) is 13.2 Å². The third-order valence-electron chi connectivity index (χ3n) is 1.85. The molecule has 0 bridgehead atoms. The van der Waals surface area contributed by atoms with Crippen molar-refractivity contribution in [3.8, 4) is 5.75 Å². The zero-order valence-corrected chi connectivity index (χ0v) is 8.49. The van der Waals surface area contributed by atoms with Crippen molar-refractivity contribution in [1.82, 2.24) is 5.32 Å². The molecule has 0 saturated carbocycles. The van der Waals surface area contributed by atoms with Crippen molar-refractivity contribution in [3.05, 3.63) is 29.8 Å². The van der Waals surface area contributed by atoms with Gasteiger partial charge in [-0.2, -0.15) is 0 Å². The minimum Gasteiger partial charge on any atom is -0.494 e. The first-order valence-corrected chi connectivity index (χ1v) is 4.90. The second kappa shape index (κ2) is 6.40. The van der Waals surface area contributed by atoms with Crippen LogP contribution in [-0.4, -0.2) is 24.9 Å². The number of benzene rings is 1. The Hall–Kier alpha value is -1.06. The van der Waals surface area contributed by atoms with Crippen molar-refractivity contribution < 1.29 is 9.84 Å². The van der Waals surface area contributed by atoms with Gasteiger partial charge >= 0.3 is 0 Å². The number of aliphatic hydroxyl groups excluding tert-OH is 1. The average Bonchev–Trinajstić information content (AvgIpc) is 2.21. The highest BCUT2D eigenvalue weighted by Gasteiger charge is 1.93. The summed E-state index contributed by atoms with van der Waals surface area (Å²) in [5, 5.41) is 11.7. The molecule has 0 unspecified atom stereocenters. The van der Waals surface area contributed by atoms with Gasteiger partial charge in [-0.15, -0.1) is 0 Å². The van der Waals surface area contributed by atoms with E-state index in [4.69, 9.17) is 9.84 Å². The van der Waals surface area contributed by atoms with Crippen LogP contribution >= 0.6 is 0 Å². The summed E-state index contributed by atoms with van der Waals surface area (Å²) in [6.07, 6.45) is 0. The van der Waals surface area contributed by atoms with Crippen LogP contribution in [0.3, 0.4) is 0 Å². The molecule has 0 atom stereocenters. The standard InChI is InChI=1S/C11H17NO2/c1-2-14-11-5-3-10(4-6-11)9-12-7-8-13/h3-6,12-13H,2,7-9H2,1H3. The molecule has 0 saturated heterocycles. The van der Waals surface area contributed by atoms with E-state index >= 15 is 0 Å². The molecule has 3 heteroatoms. The molecule has 0 amide bonds. The van der Waals surface area contributed by atoms with Crippen LogP contribution in [0.1, 0.15) is 12.5 Å². The predicted octanol–water partition coefficient (Wildman–Crippen LogP) is 1.17. The summed E-state index contributed by atoms with van der Waals surface area (Å²) in [5.74, 6) is 0.901. The van der Waals surface area contributed by atoms with Crippen LogP contribution in [0.2, 0.25) is 0 Å². The van der Waals surface area contributed by atoms with Crippen LogP contribution in [-0.2, 0) is 6.54 Å². The maximum absolute atomic E-state index is 8.58. The molecule has 0 aliphatic carbocycles. The number of hydrogen-bond acceptors (Lipinski definition) is 3. The molecular weight excluding hydrogens is 178 g/mol. The normalized spacial score (nSPS) is 10.1. The zero-order chi connectivity index (χ0) is 10.2. The molecule has 0 aliphatic heterocycles. The summed E-state index contributed by atoms with van der Waals surface area (Å²) in [6, 6.07) is 7.96. The number of ether oxygens (including phenoxy) is 1. The molecule has 1 aromatic carbocycles. The Kier molecular flexibility index (Phi) is 5.04. The number of hydrogen-bond donors (Lipinski definition) is 2. The molecule has 14 heavy (non-hydrogen) atoms. The Labute approximate surface area is 84.7 Å². The molecule has 0 radical (unpaired) electrons. The Morgan fingerprint density at radius 2 is 2.00 bits per heavy atom. The Morgan fingerprint density at radius 3 is 2.57 bits per heavy atom. The summed E-state index contributed by atoms with van der Waals surface area (Å²) < 4.78 is 5.33. The van der Waals surface area contributed by atoms with Gasteiger partial charge in [-0.1, -0.05) is 12.1 Å². The molecule has 3 nitrogen and oxygen atoms in total. The van der Waals surface area contributed by atoms with E-state index in [1.807, 2.05) is 31.2 Å². The van der Waals surface area contributed by atoms with E-state index in [2.05, 4.69) is 5.32 Å². The quantitative estimate of drug-likeness (QED) is 0.669. The maximum atomic E-state index is 8.58. The summed E-state index contributed by atoms with van der Waals surface area (Å²) >= 11 is 0. The van der Waals surface area contributed by atoms with Crippen LogP contribution in [0.4, 0.5) is 0 Å². The molecule has 78 valence electrons. The van der Waals surface area contributed by atoms with Crippen molar-refractivity contribution in [2.45, 2.75) is 13.5 Å². The lowest BCUT2D eigenvalue weighted by atomic mass is 10.2. The van der Waals surface area contributed by atoms with Gasteiger partial charge in [-0.3, -0.25) is 0 Å². The van der Waals surface area contributed by atoms with E-state index in [9.17, 15) is 0 Å². The molecular formula is C11H17NO2. The fourth-order valence-corrected chi connectivity index (χ4v) is 1.18. The second-order valence-electron chi connectivity index (χ2n) is 2.98. The van der Waals surface area contributed by atoms with Gasteiger partial charge in [0.05, 0.1) is 13.2 Å². The monoisotopic (exact) mass is 195 g/mol. The molecule has 0 aromatic heterocycles. The van der Waals surface area contributed by atoms with Crippen molar-refractivity contribution in [2.24, 2.45) is 0 Å². The average molecular weight is 195 g/mol. The molecule has 0 fully saturated rings. The third-order valence-corrected chi connectivity index (χ3v) is 1.85. The largest absolute Gasteiger partial charge is 0.494 e. The highest BCUT2D eigenvalue weighted by molar-refractivity contribution is 5.27. The van der Waals surface area contributed by atoms with E-state index in [0.717, 1.165) is 12.3 Å². The number of aliphatic hydroxyl groups is 1. The van der Waals surface area contributed by atoms with Gasteiger partial charge in [0.2, 0.25) is 0 Å². The number of nitrogens with one attached hydrogen (secondary N) is 1. The second-order valence-corrected chi connectivity index (χ2v) is 2.98. The fraction of sp³-hybridized carbons (Fsp3) is 0.455. The van der Waals surface area contributed by atoms with Crippen molar-refractivity contribution >= 4 is 0 Å². The summed E-state index contributed by atoms with van der Waals surface area (Å²) in [6.45, 7) is 4.26. The summed E-state index contributed by atoms with van der Waals surface area (Å²) in [4.78, 5) is 0. The first-order valence-electron chi connectivity index (χ1n) is 4.90. The summed E-state index contributed by atoms with van der Waals surface area (Å²) in [5.41, 5.74) is 1.20. The zero-order valence-electron chi connectivity index (χ0n) is 8.49. The van der Waals surface area contributed by atoms with Gasteiger partial charge in [0, 0.05) is 13.1 Å². The van der Waals surface area contributed by atoms with Crippen molar-refractivity contribution in [2.75, 3.05) is 19.8 Å². The third kappa shape index (κ3) is 3.77. The van der Waals surface area contributed by atoms with E-state index < -0.39 is 0 Å². The van der Waals surface area contributed by atoms with Crippen LogP contribution in [0.25, 0.3) is 0 Å². The van der Waals surface area contributed by atoms with Crippen molar-refractivity contribution in [3.63, 3.8) is 0 Å². The Morgan fingerprint density at radius 1 is 1.29 bits per heavy atom. The van der Waals surface area contributed by atoms with E-state index in [-0.39, 0.29) is 6.61 Å². The highest BCUT2D eigenvalue weighted by atomic mass is 16.5. The van der Waals surface area contributed by atoms with Crippen LogP contribution < -0.4 is 10.1 Å². The Bertz CT molecular complexity index is 246. The lowest BCUT2D eigenvalue weighted by Crippen LogP contribution is -2.17. The lowest BCUT2D eigenvalue weighted by molar-refractivity contribution is 0.292. The molecule has 0 aliphatic rings. The van der Waals surface area contributed by atoms with Gasteiger partial charge in [0.1, 0.15) is 5.75 Å². The van der Waals surface area contributed by atoms with Gasteiger partial charge < -0.3 is 15.2 Å². The van der Waals surface area contributed by atoms with E-state index in [1.165, 1.54) is 5.56 Å². The molecule has 0 heterocycles. The highest BCUT2D eigenvalue weighted by Crippen LogP contribution is 2.11. The molecule has 1 aromatic rings. The lowest BCUT2D eigenvalue weighted by Gasteiger charge is -2.05. The van der Waals surface area contributed by atoms with Gasteiger partial charge in [0.25, 0.3) is 0 Å². The smallest absolute Gasteiger partial charge is 0.119 e. The maximum Gasteiger partial charge on any atom is 0.119 e. The van der Waals surface area contributed by atoms with Gasteiger partial charge in [-0.25, -0.2) is 0 Å². The van der Waals surface area contributed by atoms with Crippen LogP contribution in [0.5, 0.6) is 5.75 Å². The molecule has 0 spiro atoms. The van der Waals surface area contributed by atoms with Crippen LogP contribution in [0.15, 0.2) is 24.3 Å². The van der Waals surface area contributed by atoms with Gasteiger partial charge in [-0.05, 0) is 24.6 Å². The first kappa shape index (κ1) is 11.0. The van der Waals surface area contributed by atoms with E-state index in [1.54, 1.807) is 0 Å². The van der Waals surface area contributed by atoms with Crippen molar-refractivity contribution in [1.29, 1.82) is 0 Å². The fourth-order valence-electron chi connectivity index (χ4n) is 1.18. The topological polar surface area (TPSA) is 41.5 Å². The molecule has 1 rings (SSSR count). The summed E-state index contributed by atoms with van der Waals surface area (Å²) in [7, 11) is 0. The predicted molar refractivity (Wildman–Crippen MR) is 56.4 cm³/mol. The SMILES string of the molecule is CCOc1ccc(CNCCO)cc1. The minimum atomic E-state index is 0.178. The minimum absolute atomic E-state index is 0.178. The number of rotatable bonds is 6. The Balaban J connectivity index is 2.38. The van der Waals surface area contributed by atoms with Gasteiger partial charge in [0.15, 0.2) is 0 Å². The molecule has 2 N–H and O–H groups in total.